The first-order valence-electron chi connectivity index (χ1n) is 32.2. The Balaban J connectivity index is 0.000000316. The number of carbonyl (C=O) groups excluding carboxylic acids is 2. The van der Waals surface area contributed by atoms with Crippen molar-refractivity contribution in [3.05, 3.63) is 202 Å². The van der Waals surface area contributed by atoms with Crippen LogP contribution in [0.2, 0.25) is 0 Å². The van der Waals surface area contributed by atoms with Crippen LogP contribution in [0, 0.1) is 42.4 Å². The number of ether oxygens (including phenoxy) is 1. The number of aliphatic hydroxyl groups excluding tert-OH is 1. The van der Waals surface area contributed by atoms with E-state index in [1.165, 1.54) is 24.9 Å². The number of nitrogens with zero attached hydrogens (tertiary/aromatic N) is 11. The third kappa shape index (κ3) is 32.0. The van der Waals surface area contributed by atoms with Gasteiger partial charge in [0.25, 0.3) is 5.78 Å². The first-order chi connectivity index (χ1) is 46.8. The van der Waals surface area contributed by atoms with Gasteiger partial charge in [0.15, 0.2) is 0 Å². The zero-order chi connectivity index (χ0) is 74.7. The van der Waals surface area contributed by atoms with Crippen LogP contribution in [0.1, 0.15) is 160 Å². The van der Waals surface area contributed by atoms with Gasteiger partial charge in [-0.15, -0.1) is 0 Å². The van der Waals surface area contributed by atoms with Gasteiger partial charge in [0.05, 0.1) is 19.3 Å². The van der Waals surface area contributed by atoms with E-state index in [0.29, 0.717) is 58.2 Å². The molecule has 0 aromatic carbocycles. The second-order valence-corrected chi connectivity index (χ2v) is 25.9. The standard InChI is InChI=1S/C14H15F3N2.C13H13F3N3.C13H14F3NO2.C13H16N3.C11H15NO2.C10H13NO2.Pt/c1-9(2)5-10-3-4-12(18-7-10)11-6-13(19-8-11)14(15,16)17;1-8(2)5-9-3-4-10(17-7-9)11-6-12(19-18-11)13(14,15)16;1-8(2)5-9-3-4-10(17-7-9)11(18)6-12(19)13(14,15)16;1-9(2)6-11-4-5-12(14-8-11)13-7-10(3)15-16-13;1-8(2)6-9-4-5-10(12-7-9)11(13)14-3;1-7(2)5-8-3-4-9(10(12)13)11-6-8;/h3-4,6-7,9H,5,8H2,1-2H3;3-4,6-8H,5H2,1-2H3;3-4,6-8,18H,5H2,1-2H3;4-5,7-9H,6H2,1-3H3;4-5,7-8H,6H2,1-3H3;3-4,6-7H,5H2,1-2H3,(H,12,13);/q;-1;;-1;;;+2. The van der Waals surface area contributed by atoms with E-state index in [4.69, 9.17) is 5.11 Å². The number of carboxylic acids is 1. The summed E-state index contributed by atoms with van der Waals surface area (Å²) >= 11 is 0. The molecule has 9 heterocycles. The second-order valence-electron chi connectivity index (χ2n) is 25.9. The van der Waals surface area contributed by atoms with Crippen molar-refractivity contribution in [2.75, 3.05) is 13.7 Å². The molecule has 0 aliphatic carbocycles. The van der Waals surface area contributed by atoms with Crippen molar-refractivity contribution < 1.29 is 89.9 Å². The SMILES string of the molecule is CC(C)Cc1ccc(-c2cc(C(F)(F)F)n[n-]2)nc1.CC(C)Cc1ccc(C(=O)O)nc1.CC(C)Cc1ccc(C(O)=CC(=O)C(F)(F)F)nc1.CC(C)Cc1ccc(C2=CC(C(F)(F)F)=NC2)nc1.COC(=O)c1ccc(CC(C)C)cn1.Cc1cc(-c2ccc(CC(C)C)cn2)[n-]n1.[Pt+2]. The van der Waals surface area contributed by atoms with Crippen molar-refractivity contribution in [1.29, 1.82) is 0 Å². The van der Waals surface area contributed by atoms with Gasteiger partial charge in [-0.3, -0.25) is 29.7 Å². The molecule has 101 heavy (non-hydrogen) atoms. The zero-order valence-corrected chi connectivity index (χ0v) is 61.1. The van der Waals surface area contributed by atoms with Gasteiger partial charge in [-0.25, -0.2) is 19.6 Å². The van der Waals surface area contributed by atoms with E-state index in [1.807, 2.05) is 63.4 Å². The van der Waals surface area contributed by atoms with Gasteiger partial charge < -0.3 is 35.3 Å². The predicted octanol–water partition coefficient (Wildman–Crippen LogP) is 17.0. The number of carbonyl (C=O) groups is 3. The Kier molecular flexibility index (Phi) is 35.0. The van der Waals surface area contributed by atoms with Gasteiger partial charge in [0, 0.05) is 65.9 Å². The molecule has 0 bridgehead atoms. The van der Waals surface area contributed by atoms with E-state index in [2.05, 4.69) is 135 Å². The molecule has 0 spiro atoms. The number of alkyl halides is 9. The zero-order valence-electron chi connectivity index (χ0n) is 58.8. The Hall–Kier alpha value is -9.06. The summed E-state index contributed by atoms with van der Waals surface area (Å²) in [5.74, 6) is -0.995. The van der Waals surface area contributed by atoms with E-state index in [0.717, 1.165) is 95.6 Å². The van der Waals surface area contributed by atoms with Crippen molar-refractivity contribution in [3.63, 3.8) is 0 Å². The van der Waals surface area contributed by atoms with Crippen LogP contribution in [0.3, 0.4) is 0 Å². The quantitative estimate of drug-likeness (QED) is 0.0331. The summed E-state index contributed by atoms with van der Waals surface area (Å²) in [6.07, 6.45) is 3.07. The largest absolute Gasteiger partial charge is 2.00 e. The van der Waals surface area contributed by atoms with Crippen LogP contribution in [0.15, 0.2) is 139 Å². The first kappa shape index (κ1) is 86.2. The van der Waals surface area contributed by atoms with Gasteiger partial charge in [0.2, 0.25) is 0 Å². The molecule has 8 aromatic heterocycles. The maximum Gasteiger partial charge on any atom is 2.00 e. The molecule has 0 unspecified atom stereocenters. The maximum absolute atomic E-state index is 12.5. The summed E-state index contributed by atoms with van der Waals surface area (Å²) in [4.78, 5) is 60.2. The molecule has 2 N–H and O–H groups in total. The average Bonchev–Trinajstić information content (AvgIpc) is 1.74. The fraction of sp³-hybridized carbons (Fsp3) is 0.405. The summed E-state index contributed by atoms with van der Waals surface area (Å²) in [5.41, 5.74) is 9.45. The van der Waals surface area contributed by atoms with E-state index >= 15 is 0 Å². The van der Waals surface area contributed by atoms with E-state index in [-0.39, 0.29) is 56.7 Å². The number of hydrogen-bond acceptors (Lipinski definition) is 14. The van der Waals surface area contributed by atoms with E-state index in [1.54, 1.807) is 55.1 Å². The second kappa shape index (κ2) is 41.0. The summed E-state index contributed by atoms with van der Waals surface area (Å²) in [6, 6.07) is 24.2. The Morgan fingerprint density at radius 1 is 0.485 bits per heavy atom. The van der Waals surface area contributed by atoms with Crippen LogP contribution in [-0.2, 0) is 75.3 Å². The molecule has 0 saturated carbocycles. The normalized spacial score (nSPS) is 12.1. The van der Waals surface area contributed by atoms with Crippen molar-refractivity contribution in [1.82, 2.24) is 50.3 Å². The Bertz CT molecular complexity index is 3850. The Morgan fingerprint density at radius 2 is 0.842 bits per heavy atom. The number of ketones is 1. The number of aromatic carboxylic acids is 1. The van der Waals surface area contributed by atoms with Crippen LogP contribution in [0.4, 0.5) is 39.5 Å². The van der Waals surface area contributed by atoms with Crippen molar-refractivity contribution >= 4 is 34.8 Å². The summed E-state index contributed by atoms with van der Waals surface area (Å²) in [5, 5.41) is 32.7. The molecule has 0 atom stereocenters. The summed E-state index contributed by atoms with van der Waals surface area (Å²) in [7, 11) is 1.35. The number of allylic oxidation sites excluding steroid dienone is 2. The molecule has 546 valence electrons. The van der Waals surface area contributed by atoms with Crippen molar-refractivity contribution in [3.8, 4) is 22.8 Å². The average molecular weight is 1590 g/mol. The number of rotatable bonds is 19. The molecule has 1 aliphatic rings. The van der Waals surface area contributed by atoms with Crippen LogP contribution in [0.5, 0.6) is 0 Å². The minimum Gasteiger partial charge on any atom is -0.574 e. The number of esters is 1. The molecule has 0 amide bonds. The van der Waals surface area contributed by atoms with Crippen molar-refractivity contribution in [2.24, 2.45) is 40.5 Å². The fourth-order valence-corrected chi connectivity index (χ4v) is 9.20. The number of pyridine rings is 6. The van der Waals surface area contributed by atoms with Crippen LogP contribution in [-0.4, -0.2) is 99.8 Å². The summed E-state index contributed by atoms with van der Waals surface area (Å²) < 4.78 is 115. The third-order valence-corrected chi connectivity index (χ3v) is 13.6. The number of hydrogen-bond donors (Lipinski definition) is 2. The van der Waals surface area contributed by atoms with Crippen LogP contribution >= 0.6 is 0 Å². The minimum absolute atomic E-state index is 0. The Labute approximate surface area is 597 Å². The first-order valence-corrected chi connectivity index (χ1v) is 32.2. The minimum atomic E-state index is -4.99. The number of aliphatic imine (C=N–C) groups is 1. The van der Waals surface area contributed by atoms with Gasteiger partial charge >= 0.3 is 51.5 Å². The summed E-state index contributed by atoms with van der Waals surface area (Å²) in [6.45, 7) is 27.4. The molecular weight excluding hydrogens is 1500 g/mol. The van der Waals surface area contributed by atoms with E-state index < -0.39 is 47.4 Å². The number of carboxylic acid groups (broad SMARTS) is 1. The van der Waals surface area contributed by atoms with Gasteiger partial charge in [0.1, 0.15) is 34.2 Å². The molecule has 0 radical (unpaired) electrons. The molecule has 17 nitrogen and oxygen atoms in total. The van der Waals surface area contributed by atoms with Crippen LogP contribution in [0.25, 0.3) is 34.1 Å². The molecular formula is C74H86F9N11O6Pt. The number of aryl methyl sites for hydroxylation is 1. The molecule has 27 heteroatoms. The van der Waals surface area contributed by atoms with Gasteiger partial charge in [-0.05, 0) is 163 Å². The molecule has 1 aliphatic heterocycles. The predicted molar refractivity (Wildman–Crippen MR) is 366 cm³/mol. The Morgan fingerprint density at radius 3 is 1.13 bits per heavy atom. The number of methoxy groups -OCH3 is 1. The van der Waals surface area contributed by atoms with Gasteiger partial charge in [-0.1, -0.05) is 137 Å². The molecule has 0 fully saturated rings. The van der Waals surface area contributed by atoms with Gasteiger partial charge in [-0.2, -0.15) is 39.5 Å². The van der Waals surface area contributed by atoms with Crippen LogP contribution < -0.4 is 10.2 Å². The third-order valence-electron chi connectivity index (χ3n) is 13.6. The molecule has 9 rings (SSSR count). The number of aromatic nitrogens is 10. The molecule has 0 saturated heterocycles. The smallest absolute Gasteiger partial charge is 0.574 e. The topological polar surface area (TPSA) is 245 Å². The fourth-order valence-electron chi connectivity index (χ4n) is 9.20. The van der Waals surface area contributed by atoms with Crippen molar-refractivity contribution in [2.45, 2.75) is 147 Å². The molecule has 8 aromatic rings. The number of halogens is 9. The van der Waals surface area contributed by atoms with E-state index in [9.17, 15) is 59.0 Å². The monoisotopic (exact) mass is 1590 g/mol. The number of aliphatic hydroxyl groups is 1. The maximum atomic E-state index is 12.5.